The van der Waals surface area contributed by atoms with Crippen LogP contribution in [-0.2, 0) is 28.3 Å². The zero-order valence-electron chi connectivity index (χ0n) is 25.9. The van der Waals surface area contributed by atoms with Crippen molar-refractivity contribution in [2.24, 2.45) is 11.8 Å². The molecule has 0 bridgehead atoms. The van der Waals surface area contributed by atoms with Crippen molar-refractivity contribution in [2.75, 3.05) is 28.4 Å². The largest absolute Gasteiger partial charge is 0.493 e. The standard InChI is InChI=1S/C36H38O8/c1-23-24(2)36(44-35(23)37,27-17-29(38-3)33(30(18-27)39-4)42-21-25-13-9-7-10-14-25)28-19-31(40-5)34(32(20-28)41-6)43-22-26-15-11-8-12-16-26/h7-20,23-24H,21-22H2,1-6H3/t23-,24-/m1/s1. The molecule has 0 spiro atoms. The second-order valence-electron chi connectivity index (χ2n) is 10.7. The maximum Gasteiger partial charge on any atom is 0.310 e. The number of methoxy groups -OCH3 is 4. The molecule has 0 N–H and O–H groups in total. The summed E-state index contributed by atoms with van der Waals surface area (Å²) in [4.78, 5) is 13.2. The molecule has 1 aliphatic rings. The Morgan fingerprint density at radius 1 is 0.614 bits per heavy atom. The number of benzene rings is 4. The average Bonchev–Trinajstić information content (AvgIpc) is 3.30. The zero-order valence-corrected chi connectivity index (χ0v) is 25.9. The van der Waals surface area contributed by atoms with Crippen molar-refractivity contribution in [3.8, 4) is 34.5 Å². The van der Waals surface area contributed by atoms with Crippen LogP contribution in [-0.4, -0.2) is 34.4 Å². The predicted molar refractivity (Wildman–Crippen MR) is 166 cm³/mol. The number of esters is 1. The van der Waals surface area contributed by atoms with E-state index in [4.69, 9.17) is 33.2 Å². The number of hydrogen-bond acceptors (Lipinski definition) is 8. The molecule has 1 heterocycles. The monoisotopic (exact) mass is 598 g/mol. The van der Waals surface area contributed by atoms with E-state index in [1.165, 1.54) is 0 Å². The number of hydrogen-bond donors (Lipinski definition) is 0. The van der Waals surface area contributed by atoms with Crippen LogP contribution in [0.15, 0.2) is 84.9 Å². The fraction of sp³-hybridized carbons (Fsp3) is 0.306. The second kappa shape index (κ2) is 13.2. The number of rotatable bonds is 12. The first-order valence-corrected chi connectivity index (χ1v) is 14.5. The summed E-state index contributed by atoms with van der Waals surface area (Å²) < 4.78 is 42.0. The van der Waals surface area contributed by atoms with E-state index in [0.717, 1.165) is 11.1 Å². The predicted octanol–water partition coefficient (Wildman–Crippen LogP) is 6.95. The normalized spacial score (nSPS) is 17.0. The van der Waals surface area contributed by atoms with Gasteiger partial charge >= 0.3 is 5.97 Å². The number of carbonyl (C=O) groups excluding carboxylic acids is 1. The van der Waals surface area contributed by atoms with Crippen LogP contribution in [0.3, 0.4) is 0 Å². The molecule has 1 aliphatic heterocycles. The molecule has 0 unspecified atom stereocenters. The summed E-state index contributed by atoms with van der Waals surface area (Å²) in [5.41, 5.74) is 2.08. The number of ether oxygens (including phenoxy) is 7. The highest BCUT2D eigenvalue weighted by atomic mass is 16.6. The Balaban J connectivity index is 1.62. The van der Waals surface area contributed by atoms with E-state index in [9.17, 15) is 4.79 Å². The van der Waals surface area contributed by atoms with E-state index in [2.05, 4.69) is 0 Å². The first-order valence-electron chi connectivity index (χ1n) is 14.5. The van der Waals surface area contributed by atoms with E-state index in [1.54, 1.807) is 28.4 Å². The molecular formula is C36H38O8. The summed E-state index contributed by atoms with van der Waals surface area (Å²) >= 11 is 0. The van der Waals surface area contributed by atoms with Crippen molar-refractivity contribution >= 4 is 5.97 Å². The smallest absolute Gasteiger partial charge is 0.310 e. The molecule has 0 aliphatic carbocycles. The van der Waals surface area contributed by atoms with Gasteiger partial charge in [0.1, 0.15) is 13.2 Å². The quantitative estimate of drug-likeness (QED) is 0.162. The minimum atomic E-state index is -1.23. The Hall–Kier alpha value is -4.85. The van der Waals surface area contributed by atoms with Gasteiger partial charge in [0.25, 0.3) is 0 Å². The summed E-state index contributed by atoms with van der Waals surface area (Å²) in [6.07, 6.45) is 0. The molecule has 0 saturated carbocycles. The topological polar surface area (TPSA) is 81.7 Å². The van der Waals surface area contributed by atoms with Crippen molar-refractivity contribution in [1.82, 2.24) is 0 Å². The van der Waals surface area contributed by atoms with Gasteiger partial charge in [-0.05, 0) is 35.4 Å². The van der Waals surface area contributed by atoms with Crippen LogP contribution in [0.5, 0.6) is 34.5 Å². The van der Waals surface area contributed by atoms with Crippen LogP contribution >= 0.6 is 0 Å². The molecule has 8 nitrogen and oxygen atoms in total. The molecular weight excluding hydrogens is 560 g/mol. The van der Waals surface area contributed by atoms with Gasteiger partial charge in [-0.2, -0.15) is 0 Å². The van der Waals surface area contributed by atoms with E-state index >= 15 is 0 Å². The SMILES string of the molecule is COc1cc(C2(c3cc(OC)c(OCc4ccccc4)c(OC)c3)OC(=O)[C@H](C)[C@H]2C)cc(OC)c1OCc1ccccc1. The van der Waals surface area contributed by atoms with Crippen LogP contribution in [0.2, 0.25) is 0 Å². The lowest BCUT2D eigenvalue weighted by molar-refractivity contribution is -0.148. The van der Waals surface area contributed by atoms with Crippen molar-refractivity contribution in [3.05, 3.63) is 107 Å². The first kappa shape index (κ1) is 30.6. The van der Waals surface area contributed by atoms with Crippen molar-refractivity contribution in [2.45, 2.75) is 32.7 Å². The van der Waals surface area contributed by atoms with Gasteiger partial charge in [-0.15, -0.1) is 0 Å². The highest BCUT2D eigenvalue weighted by Crippen LogP contribution is 2.55. The molecule has 1 saturated heterocycles. The zero-order chi connectivity index (χ0) is 31.3. The third-order valence-corrected chi connectivity index (χ3v) is 8.26. The van der Waals surface area contributed by atoms with Gasteiger partial charge < -0.3 is 33.2 Å². The van der Waals surface area contributed by atoms with Crippen molar-refractivity contribution in [3.63, 3.8) is 0 Å². The van der Waals surface area contributed by atoms with E-state index in [0.29, 0.717) is 58.8 Å². The molecule has 0 aromatic heterocycles. The van der Waals surface area contributed by atoms with Gasteiger partial charge in [0.2, 0.25) is 11.5 Å². The Morgan fingerprint density at radius 2 is 0.977 bits per heavy atom. The lowest BCUT2D eigenvalue weighted by Gasteiger charge is -2.35. The highest BCUT2D eigenvalue weighted by molar-refractivity contribution is 5.78. The summed E-state index contributed by atoms with van der Waals surface area (Å²) in [5, 5.41) is 0. The minimum Gasteiger partial charge on any atom is -0.493 e. The molecule has 0 radical (unpaired) electrons. The molecule has 4 aromatic rings. The van der Waals surface area contributed by atoms with Gasteiger partial charge in [0.15, 0.2) is 28.6 Å². The minimum absolute atomic E-state index is 0.286. The Labute approximate surface area is 258 Å². The van der Waals surface area contributed by atoms with Crippen molar-refractivity contribution < 1.29 is 38.0 Å². The molecule has 2 atom stereocenters. The maximum absolute atomic E-state index is 13.2. The van der Waals surface area contributed by atoms with Crippen LogP contribution < -0.4 is 28.4 Å². The van der Waals surface area contributed by atoms with Crippen LogP contribution in [0.1, 0.15) is 36.1 Å². The summed E-state index contributed by atoms with van der Waals surface area (Å²) in [6, 6.07) is 27.0. The Bertz CT molecular complexity index is 1430. The number of carbonyl (C=O) groups is 1. The van der Waals surface area contributed by atoms with Gasteiger partial charge in [0.05, 0.1) is 34.4 Å². The molecule has 5 rings (SSSR count). The van der Waals surface area contributed by atoms with Crippen LogP contribution in [0.25, 0.3) is 0 Å². The van der Waals surface area contributed by atoms with E-state index in [-0.39, 0.29) is 11.9 Å². The molecule has 1 fully saturated rings. The van der Waals surface area contributed by atoms with Crippen LogP contribution in [0, 0.1) is 11.8 Å². The van der Waals surface area contributed by atoms with Gasteiger partial charge in [-0.3, -0.25) is 4.79 Å². The Kier molecular flexibility index (Phi) is 9.18. The lowest BCUT2D eigenvalue weighted by Crippen LogP contribution is -2.34. The summed E-state index contributed by atoms with van der Waals surface area (Å²) in [7, 11) is 6.27. The third-order valence-electron chi connectivity index (χ3n) is 8.26. The third kappa shape index (κ3) is 5.72. The van der Waals surface area contributed by atoms with E-state index in [1.807, 2.05) is 98.8 Å². The highest BCUT2D eigenvalue weighted by Gasteiger charge is 2.55. The average molecular weight is 599 g/mol. The van der Waals surface area contributed by atoms with Gasteiger partial charge in [0, 0.05) is 17.0 Å². The summed E-state index contributed by atoms with van der Waals surface area (Å²) in [6.45, 7) is 4.50. The van der Waals surface area contributed by atoms with Crippen molar-refractivity contribution in [1.29, 1.82) is 0 Å². The number of cyclic esters (lactones) is 1. The molecule has 4 aromatic carbocycles. The van der Waals surface area contributed by atoms with Crippen LogP contribution in [0.4, 0.5) is 0 Å². The molecule has 8 heteroatoms. The van der Waals surface area contributed by atoms with E-state index < -0.39 is 11.5 Å². The lowest BCUT2D eigenvalue weighted by atomic mass is 9.73. The molecule has 44 heavy (non-hydrogen) atoms. The first-order chi connectivity index (χ1) is 21.4. The van der Waals surface area contributed by atoms with Gasteiger partial charge in [-0.1, -0.05) is 74.5 Å². The fourth-order valence-corrected chi connectivity index (χ4v) is 5.64. The van der Waals surface area contributed by atoms with Gasteiger partial charge in [-0.25, -0.2) is 0 Å². The maximum atomic E-state index is 13.2. The molecule has 230 valence electrons. The molecule has 0 amide bonds. The fourth-order valence-electron chi connectivity index (χ4n) is 5.64. The second-order valence-corrected chi connectivity index (χ2v) is 10.7. The summed E-state index contributed by atoms with van der Waals surface area (Å²) in [5.74, 6) is 1.67. The Morgan fingerprint density at radius 3 is 1.27 bits per heavy atom.